The molecule has 3 rings (SSSR count). The van der Waals surface area contributed by atoms with E-state index in [1.165, 1.54) is 24.1 Å². The highest BCUT2D eigenvalue weighted by Gasteiger charge is 2.44. The standard InChI is InChI=1S/C20H21F2NO5/c1-27-12-20(18(25)26)7-4-8-23(11-20)17(24)15-9-13-5-2-3-6-14(13)10-16(15)28-19(21)22/h2-3,5-6,9-10,19H,4,7-8,11-12H2,1H3,(H,25,26). The van der Waals surface area contributed by atoms with E-state index in [4.69, 9.17) is 4.74 Å². The van der Waals surface area contributed by atoms with E-state index in [1.54, 1.807) is 24.3 Å². The van der Waals surface area contributed by atoms with Crippen LogP contribution in [0.15, 0.2) is 36.4 Å². The van der Waals surface area contributed by atoms with Gasteiger partial charge in [-0.15, -0.1) is 0 Å². The topological polar surface area (TPSA) is 76.1 Å². The summed E-state index contributed by atoms with van der Waals surface area (Å²) in [5.41, 5.74) is -1.24. The number of carbonyl (C=O) groups is 2. The Morgan fingerprint density at radius 1 is 1.25 bits per heavy atom. The highest BCUT2D eigenvalue weighted by atomic mass is 19.3. The molecule has 0 bridgehead atoms. The molecular formula is C20H21F2NO5. The second kappa shape index (κ2) is 8.10. The van der Waals surface area contributed by atoms with E-state index >= 15 is 0 Å². The summed E-state index contributed by atoms with van der Waals surface area (Å²) in [5.74, 6) is -1.81. The first kappa shape index (κ1) is 20.0. The third kappa shape index (κ3) is 3.91. The van der Waals surface area contributed by atoms with Crippen LogP contribution in [0, 0.1) is 5.41 Å². The highest BCUT2D eigenvalue weighted by molar-refractivity contribution is 6.02. The van der Waals surface area contributed by atoms with Crippen LogP contribution < -0.4 is 4.74 Å². The summed E-state index contributed by atoms with van der Waals surface area (Å²) in [6.07, 6.45) is 0.845. The second-order valence-corrected chi connectivity index (χ2v) is 6.92. The molecular weight excluding hydrogens is 372 g/mol. The molecule has 28 heavy (non-hydrogen) atoms. The number of alkyl halides is 2. The van der Waals surface area contributed by atoms with Gasteiger partial charge in [0.2, 0.25) is 0 Å². The van der Waals surface area contributed by atoms with Crippen molar-refractivity contribution in [3.05, 3.63) is 42.0 Å². The average molecular weight is 393 g/mol. The van der Waals surface area contributed by atoms with E-state index in [9.17, 15) is 23.5 Å². The molecule has 0 radical (unpaired) electrons. The van der Waals surface area contributed by atoms with Crippen LogP contribution in [0.2, 0.25) is 0 Å². The monoisotopic (exact) mass is 393 g/mol. The number of carbonyl (C=O) groups excluding carboxylic acids is 1. The van der Waals surface area contributed by atoms with Gasteiger partial charge in [-0.05, 0) is 35.7 Å². The molecule has 1 atom stereocenters. The number of likely N-dealkylation sites (tertiary alicyclic amines) is 1. The molecule has 2 aromatic rings. The van der Waals surface area contributed by atoms with Crippen molar-refractivity contribution in [3.8, 4) is 5.75 Å². The van der Waals surface area contributed by atoms with Crippen LogP contribution in [0.3, 0.4) is 0 Å². The van der Waals surface area contributed by atoms with Gasteiger partial charge in [-0.1, -0.05) is 24.3 Å². The summed E-state index contributed by atoms with van der Waals surface area (Å²) < 4.78 is 35.4. The van der Waals surface area contributed by atoms with Crippen molar-refractivity contribution in [2.75, 3.05) is 26.8 Å². The maximum atomic E-state index is 13.1. The maximum absolute atomic E-state index is 13.1. The maximum Gasteiger partial charge on any atom is 0.387 e. The highest BCUT2D eigenvalue weighted by Crippen LogP contribution is 2.34. The van der Waals surface area contributed by atoms with Crippen LogP contribution in [-0.4, -0.2) is 55.3 Å². The average Bonchev–Trinajstić information content (AvgIpc) is 2.66. The van der Waals surface area contributed by atoms with Gasteiger partial charge >= 0.3 is 12.6 Å². The minimum Gasteiger partial charge on any atom is -0.481 e. The minimum absolute atomic E-state index is 0.0161. The van der Waals surface area contributed by atoms with E-state index in [1.807, 2.05) is 0 Å². The SMILES string of the molecule is COCC1(C(=O)O)CCCN(C(=O)c2cc3ccccc3cc2OC(F)F)C1. The normalized spacial score (nSPS) is 19.8. The quantitative estimate of drug-likeness (QED) is 0.814. The molecule has 0 spiro atoms. The molecule has 1 fully saturated rings. The van der Waals surface area contributed by atoms with E-state index < -0.39 is 23.9 Å². The first-order chi connectivity index (χ1) is 13.4. The number of carboxylic acid groups (broad SMARTS) is 1. The zero-order chi connectivity index (χ0) is 20.3. The molecule has 1 amide bonds. The van der Waals surface area contributed by atoms with Crippen LogP contribution in [0.5, 0.6) is 5.75 Å². The number of methoxy groups -OCH3 is 1. The van der Waals surface area contributed by atoms with Gasteiger partial charge in [-0.2, -0.15) is 8.78 Å². The number of benzene rings is 2. The van der Waals surface area contributed by atoms with Crippen LogP contribution in [0.1, 0.15) is 23.2 Å². The molecule has 0 aromatic heterocycles. The van der Waals surface area contributed by atoms with Gasteiger partial charge in [-0.3, -0.25) is 9.59 Å². The molecule has 8 heteroatoms. The van der Waals surface area contributed by atoms with E-state index in [0.29, 0.717) is 30.2 Å². The van der Waals surface area contributed by atoms with Gasteiger partial charge in [0.05, 0.1) is 12.2 Å². The van der Waals surface area contributed by atoms with Crippen molar-refractivity contribution in [1.29, 1.82) is 0 Å². The summed E-state index contributed by atoms with van der Waals surface area (Å²) in [4.78, 5) is 26.3. The Balaban J connectivity index is 1.98. The zero-order valence-electron chi connectivity index (χ0n) is 15.4. The van der Waals surface area contributed by atoms with Gasteiger partial charge < -0.3 is 19.5 Å². The molecule has 1 aliphatic rings. The van der Waals surface area contributed by atoms with Crippen molar-refractivity contribution in [3.63, 3.8) is 0 Å². The molecule has 150 valence electrons. The minimum atomic E-state index is -3.08. The summed E-state index contributed by atoms with van der Waals surface area (Å²) in [6.45, 7) is -2.85. The fourth-order valence-corrected chi connectivity index (χ4v) is 3.69. The molecule has 1 N–H and O–H groups in total. The first-order valence-electron chi connectivity index (χ1n) is 8.85. The summed E-state index contributed by atoms with van der Waals surface area (Å²) in [5, 5.41) is 11.0. The smallest absolute Gasteiger partial charge is 0.387 e. The Kier molecular flexibility index (Phi) is 5.79. The van der Waals surface area contributed by atoms with E-state index in [0.717, 1.165) is 0 Å². The fourth-order valence-electron chi connectivity index (χ4n) is 3.69. The zero-order valence-corrected chi connectivity index (χ0v) is 15.4. The summed E-state index contributed by atoms with van der Waals surface area (Å²) in [6, 6.07) is 9.94. The van der Waals surface area contributed by atoms with Gasteiger partial charge in [0.25, 0.3) is 5.91 Å². The molecule has 1 saturated heterocycles. The molecule has 1 heterocycles. The number of nitrogens with zero attached hydrogens (tertiary/aromatic N) is 1. The number of piperidine rings is 1. The number of fused-ring (bicyclic) bond motifs is 1. The lowest BCUT2D eigenvalue weighted by molar-refractivity contribution is -0.155. The molecule has 2 aromatic carbocycles. The van der Waals surface area contributed by atoms with Gasteiger partial charge in [-0.25, -0.2) is 0 Å². The Bertz CT molecular complexity index is 884. The Labute approximate surface area is 160 Å². The molecule has 6 nitrogen and oxygen atoms in total. The number of hydrogen-bond acceptors (Lipinski definition) is 4. The fraction of sp³-hybridized carbons (Fsp3) is 0.400. The molecule has 0 saturated carbocycles. The van der Waals surface area contributed by atoms with Crippen molar-refractivity contribution in [2.45, 2.75) is 19.5 Å². The van der Waals surface area contributed by atoms with E-state index in [2.05, 4.69) is 4.74 Å². The van der Waals surface area contributed by atoms with E-state index in [-0.39, 0.29) is 24.5 Å². The lowest BCUT2D eigenvalue weighted by atomic mass is 9.80. The molecule has 0 aliphatic carbocycles. The largest absolute Gasteiger partial charge is 0.481 e. The number of hydrogen-bond donors (Lipinski definition) is 1. The van der Waals surface area contributed by atoms with Gasteiger partial charge in [0, 0.05) is 20.2 Å². The Morgan fingerprint density at radius 2 is 1.93 bits per heavy atom. The third-order valence-corrected chi connectivity index (χ3v) is 5.03. The predicted octanol–water partition coefficient (Wildman–Crippen LogP) is 3.39. The number of halogens is 2. The third-order valence-electron chi connectivity index (χ3n) is 5.03. The predicted molar refractivity (Wildman–Crippen MR) is 97.7 cm³/mol. The lowest BCUT2D eigenvalue weighted by Gasteiger charge is -2.39. The van der Waals surface area contributed by atoms with Crippen LogP contribution >= 0.6 is 0 Å². The van der Waals surface area contributed by atoms with Crippen molar-refractivity contribution >= 4 is 22.6 Å². The molecule has 1 aliphatic heterocycles. The van der Waals surface area contributed by atoms with Gasteiger partial charge in [0.15, 0.2) is 0 Å². The lowest BCUT2D eigenvalue weighted by Crippen LogP contribution is -2.52. The summed E-state index contributed by atoms with van der Waals surface area (Å²) in [7, 11) is 1.41. The number of carboxylic acids is 1. The number of amides is 1. The van der Waals surface area contributed by atoms with Crippen molar-refractivity contribution in [1.82, 2.24) is 4.90 Å². The van der Waals surface area contributed by atoms with Crippen molar-refractivity contribution in [2.24, 2.45) is 5.41 Å². The Hall–Kier alpha value is -2.74. The number of ether oxygens (including phenoxy) is 2. The number of rotatable bonds is 6. The first-order valence-corrected chi connectivity index (χ1v) is 8.85. The van der Waals surface area contributed by atoms with Crippen LogP contribution in [0.25, 0.3) is 10.8 Å². The summed E-state index contributed by atoms with van der Waals surface area (Å²) >= 11 is 0. The number of aliphatic carboxylic acids is 1. The van der Waals surface area contributed by atoms with Crippen molar-refractivity contribution < 1.29 is 33.0 Å². The van der Waals surface area contributed by atoms with Crippen LogP contribution in [-0.2, 0) is 9.53 Å². The van der Waals surface area contributed by atoms with Crippen LogP contribution in [0.4, 0.5) is 8.78 Å². The second-order valence-electron chi connectivity index (χ2n) is 6.92. The Morgan fingerprint density at radius 3 is 2.54 bits per heavy atom. The van der Waals surface area contributed by atoms with Gasteiger partial charge in [0.1, 0.15) is 11.2 Å². The molecule has 1 unspecified atom stereocenters.